The van der Waals surface area contributed by atoms with Crippen molar-refractivity contribution in [2.45, 2.75) is 206 Å². The number of unbranched alkanes of at least 4 members (excludes halogenated alkanes) is 10. The summed E-state index contributed by atoms with van der Waals surface area (Å²) in [5.41, 5.74) is 3.93. The highest BCUT2D eigenvalue weighted by molar-refractivity contribution is 5.97. The van der Waals surface area contributed by atoms with Crippen LogP contribution in [0.4, 0.5) is 0 Å². The molecule has 0 saturated carbocycles. The van der Waals surface area contributed by atoms with E-state index >= 15 is 0 Å². The van der Waals surface area contributed by atoms with Crippen LogP contribution < -0.4 is 32.3 Å². The lowest BCUT2D eigenvalue weighted by molar-refractivity contribution is -0.145. The summed E-state index contributed by atoms with van der Waals surface area (Å²) in [5.74, 6) is -4.11. The molecule has 340 valence electrons. The number of β-amino-alcohol motifs (C(OH)–C–C–N with tert-alkyl or cyclic N) is 1. The van der Waals surface area contributed by atoms with Gasteiger partial charge in [0.1, 0.15) is 29.7 Å². The van der Waals surface area contributed by atoms with Crippen LogP contribution in [0, 0.1) is 11.8 Å². The highest BCUT2D eigenvalue weighted by Gasteiger charge is 2.45. The number of nitrogens with one attached hydrogen (secondary N) is 5. The third-order valence-corrected chi connectivity index (χ3v) is 10.6. The molecule has 1 saturated heterocycles. The van der Waals surface area contributed by atoms with Crippen molar-refractivity contribution in [1.82, 2.24) is 31.5 Å². The van der Waals surface area contributed by atoms with Crippen molar-refractivity contribution in [2.75, 3.05) is 13.2 Å². The SMILES string of the molecule is CCCCCCCCCCCCCC(=O)NC(C)(C)C(=O)N1CC(O)CC1C(=O)NC(CC(C)C)C(=O)NC(C)C(=O)NC(CCC(N)=O)C(=O)NC(CO)CC(C)C. The number of amides is 7. The molecule has 0 radical (unpaired) electrons. The first-order chi connectivity index (χ1) is 27.7. The molecule has 0 aromatic heterocycles. The second-order valence-electron chi connectivity index (χ2n) is 17.8. The minimum absolute atomic E-state index is 0.0712. The largest absolute Gasteiger partial charge is 0.394 e. The first-order valence-electron chi connectivity index (χ1n) is 22.1. The Balaban J connectivity index is 2.88. The molecular formula is C43H79N7O9. The molecule has 0 bridgehead atoms. The normalized spacial score (nSPS) is 17.5. The summed E-state index contributed by atoms with van der Waals surface area (Å²) in [4.78, 5) is 93.2. The van der Waals surface area contributed by atoms with Crippen molar-refractivity contribution in [3.8, 4) is 0 Å². The van der Waals surface area contributed by atoms with E-state index in [-0.39, 0.29) is 63.0 Å². The number of carbonyl (C=O) groups excluding carboxylic acids is 7. The van der Waals surface area contributed by atoms with Crippen molar-refractivity contribution in [3.63, 3.8) is 0 Å². The van der Waals surface area contributed by atoms with Gasteiger partial charge in [0.25, 0.3) is 0 Å². The molecule has 0 aromatic rings. The van der Waals surface area contributed by atoms with Crippen LogP contribution in [-0.2, 0) is 33.6 Å². The van der Waals surface area contributed by atoms with Gasteiger partial charge in [-0.15, -0.1) is 0 Å². The topological polar surface area (TPSA) is 249 Å². The fourth-order valence-corrected chi connectivity index (χ4v) is 7.31. The quantitative estimate of drug-likeness (QED) is 0.0495. The van der Waals surface area contributed by atoms with E-state index in [0.717, 1.165) is 19.3 Å². The van der Waals surface area contributed by atoms with Gasteiger partial charge in [0, 0.05) is 25.8 Å². The monoisotopic (exact) mass is 838 g/mol. The number of likely N-dealkylation sites (tertiary alicyclic amines) is 1. The summed E-state index contributed by atoms with van der Waals surface area (Å²) >= 11 is 0. The number of hydrogen-bond acceptors (Lipinski definition) is 9. The van der Waals surface area contributed by atoms with Gasteiger partial charge in [-0.3, -0.25) is 33.6 Å². The lowest BCUT2D eigenvalue weighted by atomic mass is 10.0. The summed E-state index contributed by atoms with van der Waals surface area (Å²) in [5, 5.41) is 33.7. The van der Waals surface area contributed by atoms with Crippen molar-refractivity contribution in [1.29, 1.82) is 0 Å². The van der Waals surface area contributed by atoms with E-state index in [0.29, 0.717) is 12.8 Å². The van der Waals surface area contributed by atoms with Gasteiger partial charge in [-0.25, -0.2) is 0 Å². The van der Waals surface area contributed by atoms with E-state index < -0.39 is 77.3 Å². The van der Waals surface area contributed by atoms with E-state index in [9.17, 15) is 43.8 Å². The van der Waals surface area contributed by atoms with Crippen LogP contribution in [0.2, 0.25) is 0 Å². The number of rotatable bonds is 30. The highest BCUT2D eigenvalue weighted by Crippen LogP contribution is 2.23. The molecule has 1 fully saturated rings. The number of nitrogens with zero attached hydrogens (tertiary/aromatic N) is 1. The second kappa shape index (κ2) is 27.9. The van der Waals surface area contributed by atoms with Crippen LogP contribution in [0.5, 0.6) is 0 Å². The van der Waals surface area contributed by atoms with Crippen LogP contribution in [0.3, 0.4) is 0 Å². The van der Waals surface area contributed by atoms with E-state index in [1.807, 2.05) is 27.7 Å². The third-order valence-electron chi connectivity index (χ3n) is 10.6. The van der Waals surface area contributed by atoms with E-state index in [1.165, 1.54) is 56.8 Å². The molecule has 1 aliphatic rings. The van der Waals surface area contributed by atoms with Crippen molar-refractivity contribution in [3.05, 3.63) is 0 Å². The first kappa shape index (κ1) is 53.2. The minimum Gasteiger partial charge on any atom is -0.394 e. The van der Waals surface area contributed by atoms with Crippen LogP contribution in [0.1, 0.15) is 165 Å². The lowest BCUT2D eigenvalue weighted by Gasteiger charge is -2.33. The molecule has 16 heteroatoms. The lowest BCUT2D eigenvalue weighted by Crippen LogP contribution is -2.60. The van der Waals surface area contributed by atoms with Crippen LogP contribution in [0.15, 0.2) is 0 Å². The van der Waals surface area contributed by atoms with Crippen molar-refractivity contribution >= 4 is 41.4 Å². The van der Waals surface area contributed by atoms with Crippen LogP contribution in [-0.4, -0.2) is 111 Å². The Bertz CT molecular complexity index is 1340. The summed E-state index contributed by atoms with van der Waals surface area (Å²) in [6.07, 6.45) is 12.2. The number of hydrogen-bond donors (Lipinski definition) is 8. The minimum atomic E-state index is -1.37. The van der Waals surface area contributed by atoms with Crippen LogP contribution >= 0.6 is 0 Å². The average Bonchev–Trinajstić information content (AvgIpc) is 3.54. The summed E-state index contributed by atoms with van der Waals surface area (Å²) in [6.45, 7) is 13.8. The van der Waals surface area contributed by atoms with Gasteiger partial charge in [-0.1, -0.05) is 98.8 Å². The number of aliphatic hydroxyl groups is 2. The van der Waals surface area contributed by atoms with Crippen LogP contribution in [0.25, 0.3) is 0 Å². The zero-order valence-electron chi connectivity index (χ0n) is 37.3. The molecular weight excluding hydrogens is 759 g/mol. The number of nitrogens with two attached hydrogens (primary N) is 1. The standard InChI is InChI=1S/C43H79N7O9/c1-9-10-11-12-13-14-15-16-17-18-19-20-37(54)49-43(7,8)42(59)50-26-32(52)25-35(50)41(58)48-34(24-29(4)5)40(57)45-30(6)38(55)47-33(21-22-36(44)53)39(56)46-31(27-51)23-28(2)3/h28-35,51-52H,9-27H2,1-8H3,(H2,44,53)(H,45,57)(H,46,56)(H,47,55)(H,48,58)(H,49,54). The zero-order chi connectivity index (χ0) is 44.7. The molecule has 6 unspecified atom stereocenters. The maximum absolute atomic E-state index is 13.8. The molecule has 59 heavy (non-hydrogen) atoms. The van der Waals surface area contributed by atoms with Gasteiger partial charge in [-0.2, -0.15) is 0 Å². The van der Waals surface area contributed by atoms with Gasteiger partial charge < -0.3 is 47.4 Å². The number of aliphatic hydroxyl groups excluding tert-OH is 2. The van der Waals surface area contributed by atoms with E-state index in [1.54, 1.807) is 13.8 Å². The smallest absolute Gasteiger partial charge is 0.248 e. The zero-order valence-corrected chi connectivity index (χ0v) is 37.3. The molecule has 1 rings (SSSR count). The molecule has 0 spiro atoms. The van der Waals surface area contributed by atoms with Gasteiger partial charge in [0.05, 0.1) is 18.8 Å². The third kappa shape index (κ3) is 21.3. The Morgan fingerprint density at radius 1 is 0.712 bits per heavy atom. The average molecular weight is 838 g/mol. The Morgan fingerprint density at radius 2 is 1.25 bits per heavy atom. The summed E-state index contributed by atoms with van der Waals surface area (Å²) in [6, 6.07) is -5.18. The van der Waals surface area contributed by atoms with Gasteiger partial charge in [0.15, 0.2) is 0 Å². The fourth-order valence-electron chi connectivity index (χ4n) is 7.31. The molecule has 0 aliphatic carbocycles. The number of carbonyl (C=O) groups is 7. The predicted octanol–water partition coefficient (Wildman–Crippen LogP) is 2.85. The molecule has 1 heterocycles. The number of primary amides is 1. The van der Waals surface area contributed by atoms with Gasteiger partial charge in [-0.05, 0) is 58.3 Å². The maximum atomic E-state index is 13.8. The fraction of sp³-hybridized carbons (Fsp3) is 0.837. The molecule has 1 aliphatic heterocycles. The molecule has 6 atom stereocenters. The predicted molar refractivity (Wildman–Crippen MR) is 227 cm³/mol. The van der Waals surface area contributed by atoms with Gasteiger partial charge in [0.2, 0.25) is 41.4 Å². The molecule has 9 N–H and O–H groups in total. The van der Waals surface area contributed by atoms with E-state index in [2.05, 4.69) is 33.5 Å². The molecule has 7 amide bonds. The van der Waals surface area contributed by atoms with Gasteiger partial charge >= 0.3 is 0 Å². The second-order valence-corrected chi connectivity index (χ2v) is 17.8. The summed E-state index contributed by atoms with van der Waals surface area (Å²) in [7, 11) is 0. The van der Waals surface area contributed by atoms with E-state index in [4.69, 9.17) is 5.73 Å². The molecule has 16 nitrogen and oxygen atoms in total. The Labute approximate surface area is 353 Å². The first-order valence-corrected chi connectivity index (χ1v) is 22.1. The Kier molecular flexibility index (Phi) is 25.1. The van der Waals surface area contributed by atoms with Crippen molar-refractivity contribution < 1.29 is 43.8 Å². The Morgan fingerprint density at radius 3 is 1.78 bits per heavy atom. The van der Waals surface area contributed by atoms with Crippen molar-refractivity contribution in [2.24, 2.45) is 17.6 Å². The maximum Gasteiger partial charge on any atom is 0.248 e. The Hall–Kier alpha value is -3.79. The summed E-state index contributed by atoms with van der Waals surface area (Å²) < 4.78 is 0. The molecule has 0 aromatic carbocycles. The highest BCUT2D eigenvalue weighted by atomic mass is 16.3.